The fraction of sp³-hybridized carbons (Fsp3) is 0.519. The first-order valence-corrected chi connectivity index (χ1v) is 12.1. The molecule has 0 bridgehead atoms. The highest BCUT2D eigenvalue weighted by Gasteiger charge is 2.39. The van der Waals surface area contributed by atoms with Gasteiger partial charge in [-0.3, -0.25) is 0 Å². The summed E-state index contributed by atoms with van der Waals surface area (Å²) in [7, 11) is 0. The van der Waals surface area contributed by atoms with E-state index in [4.69, 9.17) is 5.26 Å². The van der Waals surface area contributed by atoms with Crippen LogP contribution >= 0.6 is 0 Å². The number of aromatic nitrogens is 1. The molecule has 0 atom stereocenters. The third-order valence-corrected chi connectivity index (χ3v) is 7.08. The summed E-state index contributed by atoms with van der Waals surface area (Å²) in [5.41, 5.74) is 3.47. The van der Waals surface area contributed by atoms with Gasteiger partial charge < -0.3 is 15.0 Å². The van der Waals surface area contributed by atoms with E-state index in [0.717, 1.165) is 43.3 Å². The summed E-state index contributed by atoms with van der Waals surface area (Å²) in [5, 5.41) is 12.6. The molecule has 0 saturated heterocycles. The minimum absolute atomic E-state index is 0.346. The smallest absolute Gasteiger partial charge is 0.130 e. The van der Waals surface area contributed by atoms with E-state index < -0.39 is 0 Å². The van der Waals surface area contributed by atoms with E-state index >= 15 is 0 Å². The zero-order chi connectivity index (χ0) is 22.6. The molecule has 0 amide bonds. The molecule has 1 aromatic carbocycles. The molecule has 4 rings (SSSR count). The molecule has 2 aliphatic carbocycles. The lowest BCUT2D eigenvalue weighted by atomic mass is 9.65. The molecule has 2 aromatic rings. The van der Waals surface area contributed by atoms with Gasteiger partial charge in [-0.15, -0.1) is 0 Å². The molecule has 2 saturated carbocycles. The SMILES string of the molecule is CC(C)CN(c1ccc(C2(C=O)CCC2)cc1Nc1ccc(C#N)cn1)C1CCCCC1. The van der Waals surface area contributed by atoms with Crippen molar-refractivity contribution in [3.63, 3.8) is 0 Å². The van der Waals surface area contributed by atoms with Crippen LogP contribution in [0.3, 0.4) is 0 Å². The van der Waals surface area contributed by atoms with Gasteiger partial charge in [0.15, 0.2) is 0 Å². The van der Waals surface area contributed by atoms with Gasteiger partial charge in [0.25, 0.3) is 0 Å². The maximum absolute atomic E-state index is 12.0. The van der Waals surface area contributed by atoms with Crippen molar-refractivity contribution in [2.45, 2.75) is 76.7 Å². The van der Waals surface area contributed by atoms with Gasteiger partial charge in [0.2, 0.25) is 0 Å². The highest BCUT2D eigenvalue weighted by atomic mass is 16.1. The number of benzene rings is 1. The highest BCUT2D eigenvalue weighted by molar-refractivity contribution is 5.79. The number of hydrogen-bond acceptors (Lipinski definition) is 5. The number of nitrogens with one attached hydrogen (secondary N) is 1. The molecule has 2 fully saturated rings. The number of anilines is 3. The van der Waals surface area contributed by atoms with Crippen LogP contribution in [-0.2, 0) is 10.2 Å². The maximum Gasteiger partial charge on any atom is 0.130 e. The first-order valence-electron chi connectivity index (χ1n) is 12.1. The van der Waals surface area contributed by atoms with Crippen LogP contribution < -0.4 is 10.2 Å². The van der Waals surface area contributed by atoms with Crippen molar-refractivity contribution in [2.75, 3.05) is 16.8 Å². The summed E-state index contributed by atoms with van der Waals surface area (Å²) in [4.78, 5) is 19.0. The van der Waals surface area contributed by atoms with Gasteiger partial charge in [-0.2, -0.15) is 5.26 Å². The van der Waals surface area contributed by atoms with Crippen LogP contribution in [0.4, 0.5) is 17.2 Å². The molecule has 1 heterocycles. The third-order valence-electron chi connectivity index (χ3n) is 7.08. The Balaban J connectivity index is 1.74. The summed E-state index contributed by atoms with van der Waals surface area (Å²) in [6.07, 6.45) is 12.0. The van der Waals surface area contributed by atoms with Crippen molar-refractivity contribution < 1.29 is 4.79 Å². The Labute approximate surface area is 191 Å². The highest BCUT2D eigenvalue weighted by Crippen LogP contribution is 2.45. The minimum atomic E-state index is -0.346. The molecule has 5 heteroatoms. The first kappa shape index (κ1) is 22.3. The van der Waals surface area contributed by atoms with Crippen LogP contribution in [0.2, 0.25) is 0 Å². The predicted octanol–water partition coefficient (Wildman–Crippen LogP) is 6.11. The largest absolute Gasteiger partial charge is 0.367 e. The van der Waals surface area contributed by atoms with Gasteiger partial charge >= 0.3 is 0 Å². The fourth-order valence-corrected chi connectivity index (χ4v) is 5.13. The second kappa shape index (κ2) is 9.73. The third kappa shape index (κ3) is 4.65. The molecule has 0 unspecified atom stereocenters. The van der Waals surface area contributed by atoms with Gasteiger partial charge in [0.1, 0.15) is 18.2 Å². The predicted molar refractivity (Wildman–Crippen MR) is 129 cm³/mol. The molecule has 0 spiro atoms. The summed E-state index contributed by atoms with van der Waals surface area (Å²) < 4.78 is 0. The molecule has 1 aromatic heterocycles. The van der Waals surface area contributed by atoms with Gasteiger partial charge in [-0.05, 0) is 61.4 Å². The maximum atomic E-state index is 12.0. The molecular formula is C27H34N4O. The van der Waals surface area contributed by atoms with Gasteiger partial charge in [-0.25, -0.2) is 4.98 Å². The van der Waals surface area contributed by atoms with Gasteiger partial charge in [0.05, 0.1) is 22.4 Å². The van der Waals surface area contributed by atoms with E-state index in [1.807, 2.05) is 6.07 Å². The normalized spacial score (nSPS) is 17.9. The zero-order valence-corrected chi connectivity index (χ0v) is 19.3. The van der Waals surface area contributed by atoms with E-state index in [-0.39, 0.29) is 5.41 Å². The summed E-state index contributed by atoms with van der Waals surface area (Å²) in [6, 6.07) is 12.8. The number of carbonyl (C=O) groups is 1. The molecule has 2 aliphatic rings. The van der Waals surface area contributed by atoms with Crippen molar-refractivity contribution in [1.82, 2.24) is 4.98 Å². The Bertz CT molecular complexity index is 966. The summed E-state index contributed by atoms with van der Waals surface area (Å²) in [6.45, 7) is 5.54. The average molecular weight is 431 g/mol. The van der Waals surface area contributed by atoms with Crippen molar-refractivity contribution >= 4 is 23.5 Å². The first-order chi connectivity index (χ1) is 15.5. The summed E-state index contributed by atoms with van der Waals surface area (Å²) in [5.74, 6) is 1.26. The average Bonchev–Trinajstić information content (AvgIpc) is 2.79. The lowest BCUT2D eigenvalue weighted by Gasteiger charge is -2.40. The quantitative estimate of drug-likeness (QED) is 0.512. The Morgan fingerprint density at radius 3 is 2.53 bits per heavy atom. The summed E-state index contributed by atoms with van der Waals surface area (Å²) >= 11 is 0. The Morgan fingerprint density at radius 2 is 1.97 bits per heavy atom. The molecule has 5 nitrogen and oxygen atoms in total. The van der Waals surface area contributed by atoms with E-state index in [0.29, 0.717) is 23.3 Å². The van der Waals surface area contributed by atoms with Crippen LogP contribution in [-0.4, -0.2) is 23.9 Å². The number of aldehydes is 1. The number of carbonyl (C=O) groups excluding carboxylic acids is 1. The second-order valence-electron chi connectivity index (χ2n) is 9.87. The Hall–Kier alpha value is -2.87. The minimum Gasteiger partial charge on any atom is -0.367 e. The standard InChI is InChI=1S/C27H34N4O/c1-20(2)18-31(23-7-4-3-5-8-23)25-11-10-22(27(19-32)13-6-14-27)15-24(25)30-26-12-9-21(16-28)17-29-26/h9-12,15,17,19-20,23H,3-8,13-14,18H2,1-2H3,(H,29,30). The molecule has 1 N–H and O–H groups in total. The van der Waals surface area contributed by atoms with E-state index in [1.54, 1.807) is 12.3 Å². The Kier molecular flexibility index (Phi) is 6.79. The number of nitrogens with zero attached hydrogens (tertiary/aromatic N) is 3. The van der Waals surface area contributed by atoms with Crippen LogP contribution in [0.25, 0.3) is 0 Å². The van der Waals surface area contributed by atoms with Crippen LogP contribution in [0.15, 0.2) is 36.5 Å². The van der Waals surface area contributed by atoms with Crippen LogP contribution in [0.5, 0.6) is 0 Å². The van der Waals surface area contributed by atoms with Crippen molar-refractivity contribution in [2.24, 2.45) is 5.92 Å². The van der Waals surface area contributed by atoms with Crippen LogP contribution in [0, 0.1) is 17.2 Å². The molecular weight excluding hydrogens is 396 g/mol. The van der Waals surface area contributed by atoms with Crippen LogP contribution in [0.1, 0.15) is 76.3 Å². The van der Waals surface area contributed by atoms with Crippen molar-refractivity contribution in [3.05, 3.63) is 47.7 Å². The number of pyridine rings is 1. The molecule has 168 valence electrons. The van der Waals surface area contributed by atoms with Crippen molar-refractivity contribution in [1.29, 1.82) is 5.26 Å². The van der Waals surface area contributed by atoms with Gasteiger partial charge in [-0.1, -0.05) is 45.6 Å². The molecule has 0 radical (unpaired) electrons. The number of rotatable bonds is 8. The van der Waals surface area contributed by atoms with E-state index in [9.17, 15) is 4.79 Å². The Morgan fingerprint density at radius 1 is 1.19 bits per heavy atom. The van der Waals surface area contributed by atoms with Gasteiger partial charge in [0, 0.05) is 18.8 Å². The lowest BCUT2D eigenvalue weighted by molar-refractivity contribution is -0.115. The zero-order valence-electron chi connectivity index (χ0n) is 19.3. The van der Waals surface area contributed by atoms with E-state index in [1.165, 1.54) is 37.8 Å². The monoisotopic (exact) mass is 430 g/mol. The molecule has 0 aliphatic heterocycles. The molecule has 32 heavy (non-hydrogen) atoms. The second-order valence-corrected chi connectivity index (χ2v) is 9.87. The lowest BCUT2D eigenvalue weighted by Crippen LogP contribution is -2.40. The fourth-order valence-electron chi connectivity index (χ4n) is 5.13. The number of nitriles is 1. The topological polar surface area (TPSA) is 69.0 Å². The van der Waals surface area contributed by atoms with Crippen molar-refractivity contribution in [3.8, 4) is 6.07 Å². The number of hydrogen-bond donors (Lipinski definition) is 1. The van der Waals surface area contributed by atoms with E-state index in [2.05, 4.69) is 53.3 Å².